The van der Waals surface area contributed by atoms with Gasteiger partial charge in [-0.1, -0.05) is 29.8 Å². The standard InChI is InChI=1S/C18H19ClN2O4S/c1-25-17-7-6-14(12-15(17)19)20-18(22)9-11-26(23,24)21-10-8-13-4-2-3-5-16(13)21/h2-7,12H,8-11H2,1H3,(H,20,22). The monoisotopic (exact) mass is 394 g/mol. The van der Waals surface area contributed by atoms with E-state index in [0.717, 1.165) is 5.56 Å². The molecule has 0 atom stereocenters. The van der Waals surface area contributed by atoms with Crippen molar-refractivity contribution in [2.75, 3.05) is 29.0 Å². The van der Waals surface area contributed by atoms with Gasteiger partial charge in [-0.15, -0.1) is 0 Å². The van der Waals surface area contributed by atoms with Gasteiger partial charge in [-0.25, -0.2) is 8.42 Å². The number of nitrogens with zero attached hydrogens (tertiary/aromatic N) is 1. The van der Waals surface area contributed by atoms with Gasteiger partial charge in [-0.3, -0.25) is 9.10 Å². The van der Waals surface area contributed by atoms with Crippen molar-refractivity contribution in [1.29, 1.82) is 0 Å². The minimum Gasteiger partial charge on any atom is -0.495 e. The maximum absolute atomic E-state index is 12.6. The molecule has 2 aromatic rings. The van der Waals surface area contributed by atoms with Crippen molar-refractivity contribution in [1.82, 2.24) is 0 Å². The molecule has 0 spiro atoms. The summed E-state index contributed by atoms with van der Waals surface area (Å²) in [7, 11) is -2.05. The van der Waals surface area contributed by atoms with Crippen LogP contribution in [-0.2, 0) is 21.2 Å². The Balaban J connectivity index is 1.61. The summed E-state index contributed by atoms with van der Waals surface area (Å²) < 4.78 is 31.6. The lowest BCUT2D eigenvalue weighted by atomic mass is 10.2. The third kappa shape index (κ3) is 3.94. The van der Waals surface area contributed by atoms with Crippen LogP contribution < -0.4 is 14.4 Å². The maximum Gasteiger partial charge on any atom is 0.235 e. The number of amides is 1. The molecule has 0 saturated carbocycles. The topological polar surface area (TPSA) is 75.7 Å². The molecule has 0 aromatic heterocycles. The van der Waals surface area contributed by atoms with Gasteiger partial charge in [0.1, 0.15) is 5.75 Å². The SMILES string of the molecule is COc1ccc(NC(=O)CCS(=O)(=O)N2CCc3ccccc32)cc1Cl. The van der Waals surface area contributed by atoms with Crippen LogP contribution in [0.2, 0.25) is 5.02 Å². The number of carbonyl (C=O) groups excluding carboxylic acids is 1. The second kappa shape index (κ2) is 7.55. The highest BCUT2D eigenvalue weighted by atomic mass is 35.5. The number of halogens is 1. The van der Waals surface area contributed by atoms with Crippen LogP contribution in [0.25, 0.3) is 0 Å². The molecule has 2 aromatic carbocycles. The van der Waals surface area contributed by atoms with Gasteiger partial charge in [-0.05, 0) is 36.2 Å². The fourth-order valence-electron chi connectivity index (χ4n) is 2.90. The molecule has 0 unspecified atom stereocenters. The van der Waals surface area contributed by atoms with E-state index >= 15 is 0 Å². The minimum atomic E-state index is -3.55. The van der Waals surface area contributed by atoms with E-state index in [2.05, 4.69) is 5.32 Å². The van der Waals surface area contributed by atoms with Gasteiger partial charge in [0.15, 0.2) is 0 Å². The Hall–Kier alpha value is -2.25. The van der Waals surface area contributed by atoms with Gasteiger partial charge < -0.3 is 10.1 Å². The summed E-state index contributed by atoms with van der Waals surface area (Å²) in [5.74, 6) is -0.140. The largest absolute Gasteiger partial charge is 0.495 e. The Labute approximate surface area is 157 Å². The van der Waals surface area contributed by atoms with Crippen molar-refractivity contribution in [2.45, 2.75) is 12.8 Å². The van der Waals surface area contributed by atoms with Gasteiger partial charge in [0, 0.05) is 18.7 Å². The van der Waals surface area contributed by atoms with Crippen molar-refractivity contribution in [3.8, 4) is 5.75 Å². The first-order chi connectivity index (χ1) is 12.4. The molecule has 1 N–H and O–H groups in total. The lowest BCUT2D eigenvalue weighted by Crippen LogP contribution is -2.32. The van der Waals surface area contributed by atoms with Gasteiger partial charge in [0.2, 0.25) is 15.9 Å². The van der Waals surface area contributed by atoms with Gasteiger partial charge in [0.25, 0.3) is 0 Å². The molecule has 0 fully saturated rings. The van der Waals surface area contributed by atoms with Crippen molar-refractivity contribution in [3.63, 3.8) is 0 Å². The van der Waals surface area contributed by atoms with Crippen LogP contribution in [0.5, 0.6) is 5.75 Å². The van der Waals surface area contributed by atoms with Crippen LogP contribution in [0.1, 0.15) is 12.0 Å². The molecule has 1 heterocycles. The number of para-hydroxylation sites is 1. The van der Waals surface area contributed by atoms with E-state index in [0.29, 0.717) is 35.1 Å². The highest BCUT2D eigenvalue weighted by Crippen LogP contribution is 2.30. The maximum atomic E-state index is 12.6. The first-order valence-electron chi connectivity index (χ1n) is 8.12. The molecule has 1 aliphatic heterocycles. The Morgan fingerprint density at radius 3 is 2.77 bits per heavy atom. The lowest BCUT2D eigenvalue weighted by molar-refractivity contribution is -0.115. The number of ether oxygens (including phenoxy) is 1. The van der Waals surface area contributed by atoms with Crippen molar-refractivity contribution >= 4 is 38.9 Å². The normalized spacial score (nSPS) is 13.4. The average Bonchev–Trinajstić information content (AvgIpc) is 3.05. The predicted octanol–water partition coefficient (Wildman–Crippen LogP) is 3.07. The molecule has 138 valence electrons. The Kier molecular flexibility index (Phi) is 5.38. The van der Waals surface area contributed by atoms with Crippen molar-refractivity contribution in [3.05, 3.63) is 53.1 Å². The van der Waals surface area contributed by atoms with Crippen LogP contribution in [-0.4, -0.2) is 33.7 Å². The number of nitrogens with one attached hydrogen (secondary N) is 1. The molecule has 0 bridgehead atoms. The zero-order valence-corrected chi connectivity index (χ0v) is 15.8. The number of methoxy groups -OCH3 is 1. The van der Waals surface area contributed by atoms with Crippen LogP contribution in [0.4, 0.5) is 11.4 Å². The number of fused-ring (bicyclic) bond motifs is 1. The third-order valence-corrected chi connectivity index (χ3v) is 6.27. The number of rotatable bonds is 6. The Morgan fingerprint density at radius 2 is 2.04 bits per heavy atom. The average molecular weight is 395 g/mol. The molecule has 0 saturated heterocycles. The number of carbonyl (C=O) groups is 1. The fraction of sp³-hybridized carbons (Fsp3) is 0.278. The van der Waals surface area contributed by atoms with Crippen molar-refractivity contribution < 1.29 is 17.9 Å². The van der Waals surface area contributed by atoms with Crippen LogP contribution in [0.3, 0.4) is 0 Å². The molecule has 8 heteroatoms. The Morgan fingerprint density at radius 1 is 1.27 bits per heavy atom. The van der Waals surface area contributed by atoms with E-state index in [1.54, 1.807) is 24.3 Å². The number of hydrogen-bond donors (Lipinski definition) is 1. The Bertz CT molecular complexity index is 931. The van der Waals surface area contributed by atoms with Crippen LogP contribution >= 0.6 is 11.6 Å². The second-order valence-electron chi connectivity index (χ2n) is 5.91. The van der Waals surface area contributed by atoms with E-state index in [4.69, 9.17) is 16.3 Å². The first kappa shape index (κ1) is 18.5. The third-order valence-electron chi connectivity index (χ3n) is 4.20. The summed E-state index contributed by atoms with van der Waals surface area (Å²) in [6.45, 7) is 0.414. The van der Waals surface area contributed by atoms with E-state index in [-0.39, 0.29) is 18.1 Å². The molecular weight excluding hydrogens is 376 g/mol. The summed E-state index contributed by atoms with van der Waals surface area (Å²) >= 11 is 6.02. The lowest BCUT2D eigenvalue weighted by Gasteiger charge is -2.19. The highest BCUT2D eigenvalue weighted by molar-refractivity contribution is 7.92. The molecule has 26 heavy (non-hydrogen) atoms. The van der Waals surface area contributed by atoms with E-state index in [9.17, 15) is 13.2 Å². The van der Waals surface area contributed by atoms with Gasteiger partial charge in [0.05, 0.1) is 23.6 Å². The molecule has 1 aliphatic rings. The summed E-state index contributed by atoms with van der Waals surface area (Å²) in [5.41, 5.74) is 2.20. The van der Waals surface area contributed by atoms with Crippen molar-refractivity contribution in [2.24, 2.45) is 0 Å². The predicted molar refractivity (Wildman–Crippen MR) is 103 cm³/mol. The number of hydrogen-bond acceptors (Lipinski definition) is 4. The molecule has 1 amide bonds. The molecule has 3 rings (SSSR count). The molecule has 0 aliphatic carbocycles. The van der Waals surface area contributed by atoms with Crippen LogP contribution in [0, 0.1) is 0 Å². The quantitative estimate of drug-likeness (QED) is 0.816. The van der Waals surface area contributed by atoms with Gasteiger partial charge in [-0.2, -0.15) is 0 Å². The second-order valence-corrected chi connectivity index (χ2v) is 8.33. The van der Waals surface area contributed by atoms with Gasteiger partial charge >= 0.3 is 0 Å². The van der Waals surface area contributed by atoms with E-state index < -0.39 is 10.0 Å². The molecule has 0 radical (unpaired) electrons. The zero-order chi connectivity index (χ0) is 18.7. The summed E-state index contributed by atoms with van der Waals surface area (Å²) in [6.07, 6.45) is 0.552. The summed E-state index contributed by atoms with van der Waals surface area (Å²) in [6, 6.07) is 12.3. The number of anilines is 2. The molecular formula is C18H19ClN2O4S. The van der Waals surface area contributed by atoms with Crippen LogP contribution in [0.15, 0.2) is 42.5 Å². The molecule has 6 nitrogen and oxygen atoms in total. The minimum absolute atomic E-state index is 0.134. The first-order valence-corrected chi connectivity index (χ1v) is 10.1. The highest BCUT2D eigenvalue weighted by Gasteiger charge is 2.29. The summed E-state index contributed by atoms with van der Waals surface area (Å²) in [4.78, 5) is 12.1. The zero-order valence-electron chi connectivity index (χ0n) is 14.2. The smallest absolute Gasteiger partial charge is 0.235 e. The number of benzene rings is 2. The number of sulfonamides is 1. The van der Waals surface area contributed by atoms with E-state index in [1.807, 2.05) is 18.2 Å². The van der Waals surface area contributed by atoms with E-state index in [1.165, 1.54) is 11.4 Å². The summed E-state index contributed by atoms with van der Waals surface area (Å²) in [5, 5.41) is 3.02. The fourth-order valence-corrected chi connectivity index (χ4v) is 4.67.